The normalized spacial score (nSPS) is 13.3. The van der Waals surface area contributed by atoms with Crippen molar-refractivity contribution in [3.8, 4) is 5.75 Å². The van der Waals surface area contributed by atoms with E-state index in [1.807, 2.05) is 43.3 Å². The van der Waals surface area contributed by atoms with Gasteiger partial charge in [-0.1, -0.05) is 23.5 Å². The van der Waals surface area contributed by atoms with Crippen LogP contribution in [-0.2, 0) is 9.59 Å². The van der Waals surface area contributed by atoms with Crippen LogP contribution in [0, 0.1) is 0 Å². The van der Waals surface area contributed by atoms with E-state index in [1.165, 1.54) is 34.9 Å². The summed E-state index contributed by atoms with van der Waals surface area (Å²) in [4.78, 5) is 33.6. The van der Waals surface area contributed by atoms with E-state index >= 15 is 0 Å². The number of aromatic nitrogens is 2. The van der Waals surface area contributed by atoms with Gasteiger partial charge in [-0.3, -0.25) is 9.59 Å². The number of amides is 2. The fourth-order valence-corrected chi connectivity index (χ4v) is 7.01. The largest absolute Gasteiger partial charge is 0.494 e. The van der Waals surface area contributed by atoms with Crippen LogP contribution in [0.15, 0.2) is 45.1 Å². The monoisotopic (exact) mass is 530 g/mol. The Morgan fingerprint density at radius 1 is 0.971 bits per heavy atom. The number of anilines is 1. The lowest BCUT2D eigenvalue weighted by Gasteiger charge is -2.03. The van der Waals surface area contributed by atoms with Crippen LogP contribution in [0.1, 0.15) is 19.8 Å². The highest BCUT2D eigenvalue weighted by Crippen LogP contribution is 2.33. The lowest BCUT2D eigenvalue weighted by molar-refractivity contribution is -0.118. The van der Waals surface area contributed by atoms with Crippen LogP contribution in [0.4, 0.5) is 5.69 Å². The summed E-state index contributed by atoms with van der Waals surface area (Å²) in [6.45, 7) is 2.58. The fraction of sp³-hybridized carbons (Fsp3) is 0.304. The summed E-state index contributed by atoms with van der Waals surface area (Å²) in [7, 11) is 0. The lowest BCUT2D eigenvalue weighted by Crippen LogP contribution is -2.26. The van der Waals surface area contributed by atoms with Gasteiger partial charge in [0.25, 0.3) is 0 Å². The summed E-state index contributed by atoms with van der Waals surface area (Å²) < 4.78 is 9.27. The van der Waals surface area contributed by atoms with E-state index < -0.39 is 0 Å². The average molecular weight is 531 g/mol. The zero-order chi connectivity index (χ0) is 23.5. The summed E-state index contributed by atoms with van der Waals surface area (Å²) >= 11 is 5.95. The number of fused-ring (bicyclic) bond motifs is 2. The van der Waals surface area contributed by atoms with Crippen LogP contribution in [0.5, 0.6) is 5.75 Å². The molecular weight excluding hydrogens is 509 g/mol. The second kappa shape index (κ2) is 10.5. The van der Waals surface area contributed by atoms with Crippen molar-refractivity contribution < 1.29 is 14.3 Å². The lowest BCUT2D eigenvalue weighted by atomic mass is 10.3. The number of nitrogens with zero attached hydrogens (tertiary/aromatic N) is 2. The number of rotatable bonds is 10. The second-order valence-electron chi connectivity index (χ2n) is 7.67. The van der Waals surface area contributed by atoms with Gasteiger partial charge in [-0.05, 0) is 56.2 Å². The van der Waals surface area contributed by atoms with E-state index in [2.05, 4.69) is 20.6 Å². The predicted molar refractivity (Wildman–Crippen MR) is 142 cm³/mol. The Hall–Kier alpha value is -2.34. The highest BCUT2D eigenvalue weighted by Gasteiger charge is 2.23. The first-order chi connectivity index (χ1) is 16.6. The third-order valence-electron chi connectivity index (χ3n) is 4.90. The first-order valence-electron chi connectivity index (χ1n) is 10.8. The molecule has 0 unspecified atom stereocenters. The molecule has 2 aromatic carbocycles. The van der Waals surface area contributed by atoms with Crippen LogP contribution >= 0.6 is 46.2 Å². The molecule has 1 saturated carbocycles. The quantitative estimate of drug-likeness (QED) is 0.265. The van der Waals surface area contributed by atoms with Crippen molar-refractivity contribution in [1.29, 1.82) is 0 Å². The average Bonchev–Trinajstić information content (AvgIpc) is 3.38. The molecule has 7 nitrogen and oxygen atoms in total. The van der Waals surface area contributed by atoms with Gasteiger partial charge in [-0.25, -0.2) is 9.97 Å². The molecule has 176 valence electrons. The molecule has 2 N–H and O–H groups in total. The molecule has 1 aliphatic carbocycles. The number of nitrogens with one attached hydrogen (secondary N) is 2. The van der Waals surface area contributed by atoms with E-state index in [9.17, 15) is 9.59 Å². The van der Waals surface area contributed by atoms with Crippen molar-refractivity contribution in [2.24, 2.45) is 0 Å². The SMILES string of the molecule is CCOc1ccc2nc(SCC(=O)Nc3ccc4nc(SCC(=O)NC5CC5)sc4c3)sc2c1. The Morgan fingerprint density at radius 2 is 1.62 bits per heavy atom. The highest BCUT2D eigenvalue weighted by atomic mass is 32.2. The maximum atomic E-state index is 12.5. The molecule has 0 atom stereocenters. The molecule has 4 aromatic rings. The summed E-state index contributed by atoms with van der Waals surface area (Å²) in [6.07, 6.45) is 2.17. The summed E-state index contributed by atoms with van der Waals surface area (Å²) in [6, 6.07) is 11.9. The van der Waals surface area contributed by atoms with E-state index in [0.717, 1.165) is 53.4 Å². The smallest absolute Gasteiger partial charge is 0.234 e. The maximum Gasteiger partial charge on any atom is 0.234 e. The Morgan fingerprint density at radius 3 is 2.29 bits per heavy atom. The number of ether oxygens (including phenoxy) is 1. The van der Waals surface area contributed by atoms with Gasteiger partial charge in [-0.2, -0.15) is 0 Å². The van der Waals surface area contributed by atoms with Gasteiger partial charge in [0, 0.05) is 11.7 Å². The molecule has 2 heterocycles. The molecule has 1 aliphatic rings. The van der Waals surface area contributed by atoms with Crippen molar-refractivity contribution in [1.82, 2.24) is 15.3 Å². The van der Waals surface area contributed by atoms with Crippen LogP contribution in [-0.4, -0.2) is 45.9 Å². The maximum absolute atomic E-state index is 12.5. The Kier molecular flexibility index (Phi) is 7.23. The van der Waals surface area contributed by atoms with Crippen molar-refractivity contribution in [3.05, 3.63) is 36.4 Å². The number of hydrogen-bond donors (Lipinski definition) is 2. The molecule has 1 fully saturated rings. The number of hydrogen-bond acceptors (Lipinski definition) is 9. The van der Waals surface area contributed by atoms with Gasteiger partial charge in [0.15, 0.2) is 8.68 Å². The van der Waals surface area contributed by atoms with Crippen molar-refractivity contribution in [2.75, 3.05) is 23.4 Å². The molecule has 11 heteroatoms. The number of thiazole rings is 2. The van der Waals surface area contributed by atoms with Crippen molar-refractivity contribution in [2.45, 2.75) is 34.5 Å². The summed E-state index contributed by atoms with van der Waals surface area (Å²) in [5.41, 5.74) is 2.50. The first-order valence-corrected chi connectivity index (χ1v) is 14.4. The second-order valence-corrected chi connectivity index (χ2v) is 12.2. The Labute approximate surface area is 213 Å². The van der Waals surface area contributed by atoms with Crippen LogP contribution in [0.25, 0.3) is 20.4 Å². The van der Waals surface area contributed by atoms with Crippen LogP contribution < -0.4 is 15.4 Å². The van der Waals surface area contributed by atoms with Gasteiger partial charge < -0.3 is 15.4 Å². The molecule has 2 amide bonds. The molecule has 0 spiro atoms. The van der Waals surface area contributed by atoms with Gasteiger partial charge >= 0.3 is 0 Å². The minimum absolute atomic E-state index is 0.0556. The number of carbonyl (C=O) groups excluding carboxylic acids is 2. The standard InChI is InChI=1S/C23H22N4O3S4/c1-2-30-15-6-8-17-19(10-15)34-23(27-17)32-12-21(29)25-14-5-7-16-18(9-14)33-22(26-16)31-11-20(28)24-13-3-4-13/h5-10,13H,2-4,11-12H2,1H3,(H,24,28)(H,25,29). The van der Waals surface area contributed by atoms with E-state index in [0.29, 0.717) is 18.4 Å². The fourth-order valence-electron chi connectivity index (χ4n) is 3.19. The number of thioether (sulfide) groups is 2. The molecule has 0 bridgehead atoms. The van der Waals surface area contributed by atoms with Gasteiger partial charge in [0.2, 0.25) is 11.8 Å². The molecule has 5 rings (SSSR count). The predicted octanol–water partition coefficient (Wildman–Crippen LogP) is 5.41. The van der Waals surface area contributed by atoms with Crippen molar-refractivity contribution in [3.63, 3.8) is 0 Å². The van der Waals surface area contributed by atoms with Gasteiger partial charge in [0.05, 0.1) is 38.5 Å². The van der Waals surface area contributed by atoms with E-state index in [1.54, 1.807) is 11.3 Å². The third kappa shape index (κ3) is 6.01. The molecule has 0 radical (unpaired) electrons. The van der Waals surface area contributed by atoms with E-state index in [4.69, 9.17) is 4.74 Å². The van der Waals surface area contributed by atoms with Gasteiger partial charge in [-0.15, -0.1) is 22.7 Å². The zero-order valence-electron chi connectivity index (χ0n) is 18.3. The molecule has 0 aliphatic heterocycles. The van der Waals surface area contributed by atoms with Crippen LogP contribution in [0.3, 0.4) is 0 Å². The minimum Gasteiger partial charge on any atom is -0.494 e. The topological polar surface area (TPSA) is 93.2 Å². The Bertz CT molecular complexity index is 1350. The minimum atomic E-state index is -0.0885. The molecule has 2 aromatic heterocycles. The molecule has 0 saturated heterocycles. The molecular formula is C23H22N4O3S4. The van der Waals surface area contributed by atoms with Gasteiger partial charge in [0.1, 0.15) is 5.75 Å². The number of carbonyl (C=O) groups is 2. The summed E-state index contributed by atoms with van der Waals surface area (Å²) in [5, 5.41) is 5.94. The summed E-state index contributed by atoms with van der Waals surface area (Å²) in [5.74, 6) is 1.44. The Balaban J connectivity index is 1.15. The van der Waals surface area contributed by atoms with Crippen molar-refractivity contribution >= 4 is 84.1 Å². The third-order valence-corrected chi connectivity index (χ3v) is 9.22. The molecule has 34 heavy (non-hydrogen) atoms. The van der Waals surface area contributed by atoms with E-state index in [-0.39, 0.29) is 17.6 Å². The highest BCUT2D eigenvalue weighted by molar-refractivity contribution is 8.02. The van der Waals surface area contributed by atoms with Crippen LogP contribution in [0.2, 0.25) is 0 Å². The first kappa shape index (κ1) is 23.4. The zero-order valence-corrected chi connectivity index (χ0v) is 21.6. The number of benzene rings is 2.